The van der Waals surface area contributed by atoms with Gasteiger partial charge in [0.05, 0.1) is 11.6 Å². The lowest BCUT2D eigenvalue weighted by Crippen LogP contribution is -2.36. The number of carbonyl (C=O) groups excluding carboxylic acids is 2. The number of amides is 1. The molecule has 6 heteroatoms. The summed E-state index contributed by atoms with van der Waals surface area (Å²) in [5, 5.41) is 8.78. The molecule has 0 radical (unpaired) electrons. The van der Waals surface area contributed by atoms with Gasteiger partial charge in [0.1, 0.15) is 5.75 Å². The number of anilines is 1. The fraction of sp³-hybridized carbons (Fsp3) is 0.190. The van der Waals surface area contributed by atoms with Gasteiger partial charge in [-0.25, -0.2) is 4.79 Å². The average molecular weight is 364 g/mol. The van der Waals surface area contributed by atoms with E-state index in [1.807, 2.05) is 24.3 Å². The van der Waals surface area contributed by atoms with Crippen LogP contribution in [0.2, 0.25) is 0 Å². The van der Waals surface area contributed by atoms with Crippen LogP contribution in [0.15, 0.2) is 67.3 Å². The highest BCUT2D eigenvalue weighted by Gasteiger charge is 2.20. The molecule has 0 saturated heterocycles. The Kier molecular flexibility index (Phi) is 7.15. The normalized spacial score (nSPS) is 11.0. The van der Waals surface area contributed by atoms with Crippen LogP contribution in [-0.2, 0) is 14.3 Å². The summed E-state index contributed by atoms with van der Waals surface area (Å²) in [4.78, 5) is 26.0. The Morgan fingerprint density at radius 1 is 1.19 bits per heavy atom. The number of hydrogen-bond acceptors (Lipinski definition) is 5. The number of carbonyl (C=O) groups is 2. The van der Waals surface area contributed by atoms with Crippen molar-refractivity contribution in [1.82, 2.24) is 0 Å². The molecule has 0 aromatic heterocycles. The van der Waals surface area contributed by atoms with Crippen molar-refractivity contribution in [1.29, 1.82) is 5.26 Å². The molecule has 0 unspecified atom stereocenters. The van der Waals surface area contributed by atoms with E-state index >= 15 is 0 Å². The molecule has 1 amide bonds. The lowest BCUT2D eigenvalue weighted by Gasteiger charge is -2.21. The van der Waals surface area contributed by atoms with E-state index < -0.39 is 18.7 Å². The summed E-state index contributed by atoms with van der Waals surface area (Å²) >= 11 is 0. The summed E-state index contributed by atoms with van der Waals surface area (Å²) in [6, 6.07) is 17.4. The SMILES string of the molecule is C=CCN(C(=O)COC(=O)[C@@H](C)Oc1ccc(C#N)cc1)c1ccccc1. The Labute approximate surface area is 158 Å². The number of rotatable bonds is 8. The molecular formula is C21H20N2O4. The molecule has 0 saturated carbocycles. The molecule has 0 aliphatic heterocycles. The molecule has 2 aromatic rings. The van der Waals surface area contributed by atoms with Crippen LogP contribution in [0.5, 0.6) is 5.75 Å². The van der Waals surface area contributed by atoms with Crippen LogP contribution in [0.1, 0.15) is 12.5 Å². The van der Waals surface area contributed by atoms with Crippen molar-refractivity contribution >= 4 is 17.6 Å². The molecule has 6 nitrogen and oxygen atoms in total. The lowest BCUT2D eigenvalue weighted by atomic mass is 10.2. The predicted octanol–water partition coefficient (Wildman–Crippen LogP) is 3.09. The van der Waals surface area contributed by atoms with Gasteiger partial charge in [0.2, 0.25) is 0 Å². The van der Waals surface area contributed by atoms with Gasteiger partial charge in [0.15, 0.2) is 12.7 Å². The van der Waals surface area contributed by atoms with E-state index in [0.29, 0.717) is 23.5 Å². The van der Waals surface area contributed by atoms with E-state index in [4.69, 9.17) is 14.7 Å². The largest absolute Gasteiger partial charge is 0.479 e. The quantitative estimate of drug-likeness (QED) is 0.531. The van der Waals surface area contributed by atoms with Crippen molar-refractivity contribution in [3.8, 4) is 11.8 Å². The van der Waals surface area contributed by atoms with Crippen LogP contribution >= 0.6 is 0 Å². The number of para-hydroxylation sites is 1. The van der Waals surface area contributed by atoms with Gasteiger partial charge in [-0.3, -0.25) is 4.79 Å². The first-order valence-corrected chi connectivity index (χ1v) is 8.35. The minimum atomic E-state index is -0.893. The van der Waals surface area contributed by atoms with Gasteiger partial charge in [-0.15, -0.1) is 6.58 Å². The van der Waals surface area contributed by atoms with Gasteiger partial charge in [-0.2, -0.15) is 5.26 Å². The van der Waals surface area contributed by atoms with Gasteiger partial charge < -0.3 is 14.4 Å². The number of benzene rings is 2. The van der Waals surface area contributed by atoms with Gasteiger partial charge in [0.25, 0.3) is 5.91 Å². The summed E-state index contributed by atoms with van der Waals surface area (Å²) in [6.45, 7) is 5.08. The molecular weight excluding hydrogens is 344 g/mol. The molecule has 0 spiro atoms. The lowest BCUT2D eigenvalue weighted by molar-refractivity contribution is -0.154. The summed E-state index contributed by atoms with van der Waals surface area (Å²) in [5.74, 6) is -0.582. The first-order chi connectivity index (χ1) is 13.0. The average Bonchev–Trinajstić information content (AvgIpc) is 2.71. The van der Waals surface area contributed by atoms with Crippen molar-refractivity contribution in [2.45, 2.75) is 13.0 Å². The van der Waals surface area contributed by atoms with Gasteiger partial charge in [-0.1, -0.05) is 24.3 Å². The highest BCUT2D eigenvalue weighted by atomic mass is 16.6. The summed E-state index contributed by atoms with van der Waals surface area (Å²) in [7, 11) is 0. The highest BCUT2D eigenvalue weighted by Crippen LogP contribution is 2.15. The Balaban J connectivity index is 1.91. The molecule has 0 aliphatic carbocycles. The zero-order valence-corrected chi connectivity index (χ0v) is 15.0. The number of nitrogens with zero attached hydrogens (tertiary/aromatic N) is 2. The van der Waals surface area contributed by atoms with Crippen LogP contribution in [0, 0.1) is 11.3 Å². The third kappa shape index (κ3) is 5.72. The van der Waals surface area contributed by atoms with E-state index in [1.54, 1.807) is 42.5 Å². The van der Waals surface area contributed by atoms with Gasteiger partial charge in [-0.05, 0) is 43.3 Å². The van der Waals surface area contributed by atoms with Crippen molar-refractivity contribution in [2.24, 2.45) is 0 Å². The van der Waals surface area contributed by atoms with E-state index in [1.165, 1.54) is 11.8 Å². The number of ether oxygens (including phenoxy) is 2. The minimum absolute atomic E-state index is 0.303. The van der Waals surface area contributed by atoms with Crippen molar-refractivity contribution in [2.75, 3.05) is 18.1 Å². The Morgan fingerprint density at radius 2 is 1.85 bits per heavy atom. The number of hydrogen-bond donors (Lipinski definition) is 0. The van der Waals surface area contributed by atoms with Crippen LogP contribution in [0.4, 0.5) is 5.69 Å². The zero-order chi connectivity index (χ0) is 19.6. The maximum atomic E-state index is 12.4. The van der Waals surface area contributed by atoms with Crippen molar-refractivity contribution in [3.05, 3.63) is 72.8 Å². The maximum absolute atomic E-state index is 12.4. The van der Waals surface area contributed by atoms with E-state index in [-0.39, 0.29) is 5.91 Å². The Hall–Kier alpha value is -3.59. The molecule has 27 heavy (non-hydrogen) atoms. The topological polar surface area (TPSA) is 79.6 Å². The van der Waals surface area contributed by atoms with Gasteiger partial charge in [0, 0.05) is 12.2 Å². The van der Waals surface area contributed by atoms with Gasteiger partial charge >= 0.3 is 5.97 Å². The third-order valence-electron chi connectivity index (χ3n) is 3.65. The van der Waals surface area contributed by atoms with E-state index in [2.05, 4.69) is 6.58 Å². The first-order valence-electron chi connectivity index (χ1n) is 8.35. The fourth-order valence-corrected chi connectivity index (χ4v) is 2.28. The van der Waals surface area contributed by atoms with Crippen LogP contribution in [0.25, 0.3) is 0 Å². The Morgan fingerprint density at radius 3 is 2.44 bits per heavy atom. The monoisotopic (exact) mass is 364 g/mol. The summed E-state index contributed by atoms with van der Waals surface area (Å²) in [5.41, 5.74) is 1.19. The molecule has 2 rings (SSSR count). The summed E-state index contributed by atoms with van der Waals surface area (Å²) in [6.07, 6.45) is 0.707. The second-order valence-electron chi connectivity index (χ2n) is 5.63. The van der Waals surface area contributed by atoms with Crippen molar-refractivity contribution < 1.29 is 19.1 Å². The van der Waals surface area contributed by atoms with E-state index in [9.17, 15) is 9.59 Å². The third-order valence-corrected chi connectivity index (χ3v) is 3.65. The molecule has 1 atom stereocenters. The molecule has 0 fully saturated rings. The molecule has 138 valence electrons. The zero-order valence-electron chi connectivity index (χ0n) is 15.0. The smallest absolute Gasteiger partial charge is 0.347 e. The summed E-state index contributed by atoms with van der Waals surface area (Å²) < 4.78 is 10.6. The molecule has 0 aliphatic rings. The second kappa shape index (κ2) is 9.78. The minimum Gasteiger partial charge on any atom is -0.479 e. The van der Waals surface area contributed by atoms with Crippen molar-refractivity contribution in [3.63, 3.8) is 0 Å². The second-order valence-corrected chi connectivity index (χ2v) is 5.63. The Bertz CT molecular complexity index is 826. The highest BCUT2D eigenvalue weighted by molar-refractivity contribution is 5.95. The molecule has 0 bridgehead atoms. The van der Waals surface area contributed by atoms with E-state index in [0.717, 1.165) is 0 Å². The fourth-order valence-electron chi connectivity index (χ4n) is 2.28. The standard InChI is InChI=1S/C21H20N2O4/c1-3-13-23(18-7-5-4-6-8-18)20(24)15-26-21(25)16(2)27-19-11-9-17(14-22)10-12-19/h3-12,16H,1,13,15H2,2H3/t16-/m1/s1. The van der Waals surface area contributed by atoms with Crippen LogP contribution in [-0.4, -0.2) is 31.1 Å². The number of nitriles is 1. The molecule has 0 heterocycles. The maximum Gasteiger partial charge on any atom is 0.347 e. The van der Waals surface area contributed by atoms with Crippen LogP contribution < -0.4 is 9.64 Å². The predicted molar refractivity (Wildman–Crippen MR) is 101 cm³/mol. The number of esters is 1. The molecule has 0 N–H and O–H groups in total. The first kappa shape index (κ1) is 19.7. The molecule has 2 aromatic carbocycles. The van der Waals surface area contributed by atoms with Crippen LogP contribution in [0.3, 0.4) is 0 Å².